The van der Waals surface area contributed by atoms with E-state index in [1.807, 2.05) is 6.08 Å². The third-order valence-electron chi connectivity index (χ3n) is 9.95. The number of hydrogen-bond acceptors (Lipinski definition) is 6. The van der Waals surface area contributed by atoms with Crippen LogP contribution in [-0.2, 0) is 28.6 Å². The van der Waals surface area contributed by atoms with E-state index in [0.29, 0.717) is 19.3 Å². The molecule has 0 aliphatic carbocycles. The van der Waals surface area contributed by atoms with Gasteiger partial charge in [0.1, 0.15) is 13.2 Å². The molecule has 60 heavy (non-hydrogen) atoms. The summed E-state index contributed by atoms with van der Waals surface area (Å²) in [6, 6.07) is 0. The van der Waals surface area contributed by atoms with Crippen LogP contribution in [0.25, 0.3) is 0 Å². The molecule has 0 amide bonds. The summed E-state index contributed by atoms with van der Waals surface area (Å²) in [5.74, 6) is -0.961. The van der Waals surface area contributed by atoms with E-state index in [2.05, 4.69) is 112 Å². The van der Waals surface area contributed by atoms with Crippen LogP contribution in [0.15, 0.2) is 97.2 Å². The van der Waals surface area contributed by atoms with Crippen molar-refractivity contribution in [3.8, 4) is 0 Å². The number of hydrogen-bond donors (Lipinski definition) is 0. The van der Waals surface area contributed by atoms with Crippen LogP contribution in [0.2, 0.25) is 0 Å². The molecule has 0 radical (unpaired) electrons. The zero-order chi connectivity index (χ0) is 43.7. The molecule has 0 fully saturated rings. The molecule has 0 bridgehead atoms. The van der Waals surface area contributed by atoms with Gasteiger partial charge in [0.25, 0.3) is 0 Å². The lowest BCUT2D eigenvalue weighted by atomic mass is 10.1. The molecule has 6 nitrogen and oxygen atoms in total. The third-order valence-corrected chi connectivity index (χ3v) is 9.95. The normalized spacial score (nSPS) is 12.9. The summed E-state index contributed by atoms with van der Waals surface area (Å²) in [4.78, 5) is 37.8. The Labute approximate surface area is 368 Å². The molecule has 0 saturated heterocycles. The highest BCUT2D eigenvalue weighted by molar-refractivity contribution is 5.71. The van der Waals surface area contributed by atoms with Gasteiger partial charge in [0.15, 0.2) is 6.10 Å². The second kappa shape index (κ2) is 48.0. The lowest BCUT2D eigenvalue weighted by Gasteiger charge is -2.18. The highest BCUT2D eigenvalue weighted by Gasteiger charge is 2.19. The summed E-state index contributed by atoms with van der Waals surface area (Å²) in [6.07, 6.45) is 62.4. The molecule has 0 aliphatic heterocycles. The van der Waals surface area contributed by atoms with Gasteiger partial charge in [-0.2, -0.15) is 0 Å². The van der Waals surface area contributed by atoms with Gasteiger partial charge in [-0.3, -0.25) is 14.4 Å². The molecule has 0 aromatic carbocycles. The summed E-state index contributed by atoms with van der Waals surface area (Å²) in [7, 11) is 0. The Kier molecular flexibility index (Phi) is 45.1. The SMILES string of the molecule is CC\C=C/C=C\C=C/CCCCCCCC(=O)OC(COC(=O)CCCCCCC\C=C/C=C\C=C/C=C\CCCCC)COC(=O)CCCCCCC/C=C\CCCC. The quantitative estimate of drug-likeness (QED) is 0.0200. The van der Waals surface area contributed by atoms with Crippen LogP contribution in [0, 0.1) is 0 Å². The Morgan fingerprint density at radius 3 is 1.12 bits per heavy atom. The minimum Gasteiger partial charge on any atom is -0.462 e. The van der Waals surface area contributed by atoms with E-state index in [1.165, 1.54) is 44.9 Å². The van der Waals surface area contributed by atoms with Gasteiger partial charge >= 0.3 is 17.9 Å². The van der Waals surface area contributed by atoms with Crippen LogP contribution in [0.5, 0.6) is 0 Å². The number of esters is 3. The van der Waals surface area contributed by atoms with Crippen LogP contribution in [-0.4, -0.2) is 37.2 Å². The van der Waals surface area contributed by atoms with Gasteiger partial charge in [0.2, 0.25) is 0 Å². The molecule has 0 spiro atoms. The molecule has 0 aromatic heterocycles. The maximum Gasteiger partial charge on any atom is 0.306 e. The number of allylic oxidation sites excluding steroid dienone is 16. The first kappa shape index (κ1) is 56.3. The average Bonchev–Trinajstić information content (AvgIpc) is 3.24. The van der Waals surface area contributed by atoms with E-state index < -0.39 is 6.10 Å². The van der Waals surface area contributed by atoms with Crippen LogP contribution in [0.1, 0.15) is 207 Å². The number of unbranched alkanes of at least 4 members (excludes halogenated alkanes) is 20. The molecule has 0 rings (SSSR count). The van der Waals surface area contributed by atoms with Crippen LogP contribution in [0.4, 0.5) is 0 Å². The van der Waals surface area contributed by atoms with Crippen molar-refractivity contribution in [2.24, 2.45) is 0 Å². The van der Waals surface area contributed by atoms with Crippen molar-refractivity contribution in [2.45, 2.75) is 213 Å². The van der Waals surface area contributed by atoms with E-state index in [9.17, 15) is 14.4 Å². The van der Waals surface area contributed by atoms with E-state index in [-0.39, 0.29) is 31.1 Å². The lowest BCUT2D eigenvalue weighted by molar-refractivity contribution is -0.167. The molecule has 1 atom stereocenters. The monoisotopic (exact) mass is 833 g/mol. The standard InChI is InChI=1S/C54H88O6/c1-4-7-10-13-16-19-22-24-25-26-27-28-30-32-35-38-41-44-47-53(56)59-50-51(49-58-52(55)46-43-40-37-34-31-21-18-15-12-9-6-3)60-54(57)48-45-42-39-36-33-29-23-20-17-14-11-8-5-2/h8,11,14-20,22-28,51H,4-7,9-10,12-13,21,29-50H2,1-3H3/b11-8-,17-14-,18-15-,19-16-,23-20-,24-22-,26-25-,28-27-. The Balaban J connectivity index is 4.47. The van der Waals surface area contributed by atoms with Crippen molar-refractivity contribution in [1.29, 1.82) is 0 Å². The summed E-state index contributed by atoms with van der Waals surface area (Å²) in [5, 5.41) is 0. The first-order valence-electron chi connectivity index (χ1n) is 24.3. The maximum atomic E-state index is 12.7. The van der Waals surface area contributed by atoms with E-state index >= 15 is 0 Å². The van der Waals surface area contributed by atoms with E-state index in [4.69, 9.17) is 14.2 Å². The number of rotatable bonds is 42. The molecule has 0 heterocycles. The van der Waals surface area contributed by atoms with Gasteiger partial charge < -0.3 is 14.2 Å². The van der Waals surface area contributed by atoms with Crippen LogP contribution >= 0.6 is 0 Å². The Hall–Kier alpha value is -3.67. The maximum absolute atomic E-state index is 12.7. The van der Waals surface area contributed by atoms with Gasteiger partial charge in [0.05, 0.1) is 0 Å². The molecule has 6 heteroatoms. The average molecular weight is 833 g/mol. The van der Waals surface area contributed by atoms with Crippen molar-refractivity contribution in [2.75, 3.05) is 13.2 Å². The second-order valence-electron chi connectivity index (χ2n) is 15.8. The highest BCUT2D eigenvalue weighted by atomic mass is 16.6. The molecule has 0 aliphatic rings. The summed E-state index contributed by atoms with van der Waals surface area (Å²) < 4.78 is 16.7. The van der Waals surface area contributed by atoms with Gasteiger partial charge in [-0.1, -0.05) is 201 Å². The topological polar surface area (TPSA) is 78.9 Å². The van der Waals surface area contributed by atoms with Crippen LogP contribution in [0.3, 0.4) is 0 Å². The van der Waals surface area contributed by atoms with Crippen molar-refractivity contribution < 1.29 is 28.6 Å². The zero-order valence-electron chi connectivity index (χ0n) is 38.7. The molecule has 340 valence electrons. The Morgan fingerprint density at radius 1 is 0.350 bits per heavy atom. The predicted octanol–water partition coefficient (Wildman–Crippen LogP) is 15.8. The second-order valence-corrected chi connectivity index (χ2v) is 15.8. The van der Waals surface area contributed by atoms with E-state index in [0.717, 1.165) is 122 Å². The third kappa shape index (κ3) is 45.4. The molecule has 0 aromatic rings. The minimum absolute atomic E-state index is 0.0999. The fourth-order valence-corrected chi connectivity index (χ4v) is 6.26. The number of carbonyl (C=O) groups is 3. The van der Waals surface area contributed by atoms with Crippen LogP contribution < -0.4 is 0 Å². The molecule has 1 unspecified atom stereocenters. The van der Waals surface area contributed by atoms with Gasteiger partial charge in [0, 0.05) is 19.3 Å². The Morgan fingerprint density at radius 2 is 0.683 bits per heavy atom. The van der Waals surface area contributed by atoms with Crippen molar-refractivity contribution in [3.05, 3.63) is 97.2 Å². The smallest absolute Gasteiger partial charge is 0.306 e. The fraction of sp³-hybridized carbons (Fsp3) is 0.648. The van der Waals surface area contributed by atoms with Crippen molar-refractivity contribution in [3.63, 3.8) is 0 Å². The molecular weight excluding hydrogens is 745 g/mol. The largest absolute Gasteiger partial charge is 0.462 e. The van der Waals surface area contributed by atoms with E-state index in [1.54, 1.807) is 0 Å². The lowest BCUT2D eigenvalue weighted by Crippen LogP contribution is -2.30. The fourth-order valence-electron chi connectivity index (χ4n) is 6.26. The summed E-state index contributed by atoms with van der Waals surface area (Å²) >= 11 is 0. The number of carbonyl (C=O) groups excluding carboxylic acids is 3. The van der Waals surface area contributed by atoms with Crippen molar-refractivity contribution in [1.82, 2.24) is 0 Å². The van der Waals surface area contributed by atoms with Gasteiger partial charge in [-0.05, 0) is 83.5 Å². The first-order valence-corrected chi connectivity index (χ1v) is 24.3. The minimum atomic E-state index is -0.801. The molecule has 0 saturated carbocycles. The van der Waals surface area contributed by atoms with Crippen molar-refractivity contribution >= 4 is 17.9 Å². The highest BCUT2D eigenvalue weighted by Crippen LogP contribution is 2.13. The number of ether oxygens (including phenoxy) is 3. The summed E-state index contributed by atoms with van der Waals surface area (Å²) in [5.41, 5.74) is 0. The summed E-state index contributed by atoms with van der Waals surface area (Å²) in [6.45, 7) is 6.36. The predicted molar refractivity (Wildman–Crippen MR) is 256 cm³/mol. The molecule has 0 N–H and O–H groups in total. The molecular formula is C54H88O6. The Bertz CT molecular complexity index is 1230. The van der Waals surface area contributed by atoms with Gasteiger partial charge in [-0.15, -0.1) is 0 Å². The van der Waals surface area contributed by atoms with Gasteiger partial charge in [-0.25, -0.2) is 0 Å². The zero-order valence-corrected chi connectivity index (χ0v) is 38.7. The first-order chi connectivity index (χ1) is 29.5.